The lowest BCUT2D eigenvalue weighted by Gasteiger charge is -2.07. The van der Waals surface area contributed by atoms with Crippen molar-refractivity contribution in [2.24, 2.45) is 0 Å². The Hall–Kier alpha value is -1.60. The number of carbonyl (C=O) groups is 1. The van der Waals surface area contributed by atoms with Crippen LogP contribution >= 0.6 is 11.8 Å². The summed E-state index contributed by atoms with van der Waals surface area (Å²) in [7, 11) is 0. The van der Waals surface area contributed by atoms with Gasteiger partial charge in [-0.1, -0.05) is 6.92 Å². The fourth-order valence-corrected chi connectivity index (χ4v) is 2.08. The van der Waals surface area contributed by atoms with Crippen LogP contribution in [0.5, 0.6) is 0 Å². The maximum atomic E-state index is 12.0. The summed E-state index contributed by atoms with van der Waals surface area (Å²) >= 11 is 1.44. The van der Waals surface area contributed by atoms with Gasteiger partial charge in [-0.3, -0.25) is 14.9 Å². The van der Waals surface area contributed by atoms with Crippen LogP contribution in [0.1, 0.15) is 23.7 Å². The predicted molar refractivity (Wildman–Crippen MR) is 80.4 cm³/mol. The molecule has 0 atom stereocenters. The van der Waals surface area contributed by atoms with Crippen molar-refractivity contribution < 1.29 is 9.72 Å². The number of amides is 1. The molecule has 110 valence electrons. The third-order valence-electron chi connectivity index (χ3n) is 2.66. The molecule has 2 N–H and O–H groups in total. The maximum Gasteiger partial charge on any atom is 0.282 e. The molecular weight excluding hydrogens is 278 g/mol. The van der Waals surface area contributed by atoms with Gasteiger partial charge < -0.3 is 10.6 Å². The van der Waals surface area contributed by atoms with E-state index < -0.39 is 10.8 Å². The summed E-state index contributed by atoms with van der Waals surface area (Å²) < 4.78 is 0. The van der Waals surface area contributed by atoms with E-state index in [1.807, 2.05) is 6.26 Å². The summed E-state index contributed by atoms with van der Waals surface area (Å²) in [5.74, 6) is -0.411. The zero-order valence-electron chi connectivity index (χ0n) is 11.6. The van der Waals surface area contributed by atoms with E-state index in [0.717, 1.165) is 17.9 Å². The first-order valence-electron chi connectivity index (χ1n) is 6.41. The number of nitrogens with zero attached hydrogens (tertiary/aromatic N) is 1. The molecule has 0 bridgehead atoms. The SMILES string of the molecule is CCCNCCNC(=O)c1cc(SC)ccc1[N+](=O)[O-]. The third kappa shape index (κ3) is 4.82. The van der Waals surface area contributed by atoms with E-state index in [-0.39, 0.29) is 11.3 Å². The molecule has 0 fully saturated rings. The monoisotopic (exact) mass is 297 g/mol. The molecule has 0 aliphatic heterocycles. The second kappa shape index (κ2) is 8.55. The van der Waals surface area contributed by atoms with Gasteiger partial charge in [-0.05, 0) is 31.4 Å². The molecule has 1 aromatic carbocycles. The van der Waals surface area contributed by atoms with Gasteiger partial charge in [0.1, 0.15) is 5.56 Å². The average molecular weight is 297 g/mol. The van der Waals surface area contributed by atoms with Crippen molar-refractivity contribution in [2.75, 3.05) is 25.9 Å². The van der Waals surface area contributed by atoms with E-state index in [1.54, 1.807) is 12.1 Å². The van der Waals surface area contributed by atoms with Gasteiger partial charge in [0.15, 0.2) is 0 Å². The summed E-state index contributed by atoms with van der Waals surface area (Å²) in [6.07, 6.45) is 2.88. The van der Waals surface area contributed by atoms with E-state index in [2.05, 4.69) is 17.6 Å². The number of nitro benzene ring substituents is 1. The zero-order chi connectivity index (χ0) is 15.0. The first-order valence-corrected chi connectivity index (χ1v) is 7.64. The van der Waals surface area contributed by atoms with Crippen molar-refractivity contribution in [1.82, 2.24) is 10.6 Å². The molecule has 0 unspecified atom stereocenters. The number of nitrogens with one attached hydrogen (secondary N) is 2. The third-order valence-corrected chi connectivity index (χ3v) is 3.38. The van der Waals surface area contributed by atoms with E-state index in [4.69, 9.17) is 0 Å². The maximum absolute atomic E-state index is 12.0. The van der Waals surface area contributed by atoms with Gasteiger partial charge in [0, 0.05) is 24.1 Å². The summed E-state index contributed by atoms with van der Waals surface area (Å²) in [5.41, 5.74) is -0.0563. The van der Waals surface area contributed by atoms with E-state index in [0.29, 0.717) is 13.1 Å². The zero-order valence-corrected chi connectivity index (χ0v) is 12.5. The molecule has 0 aromatic heterocycles. The molecule has 0 radical (unpaired) electrons. The molecule has 20 heavy (non-hydrogen) atoms. The lowest BCUT2D eigenvalue weighted by atomic mass is 10.1. The number of carbonyl (C=O) groups excluding carboxylic acids is 1. The largest absolute Gasteiger partial charge is 0.351 e. The summed E-state index contributed by atoms with van der Waals surface area (Å²) in [6.45, 7) is 4.04. The number of nitro groups is 1. The molecule has 1 aromatic rings. The fourth-order valence-electron chi connectivity index (χ4n) is 1.64. The summed E-state index contributed by atoms with van der Waals surface area (Å²) in [5, 5.41) is 16.8. The van der Waals surface area contributed by atoms with Gasteiger partial charge in [-0.25, -0.2) is 0 Å². The molecule has 1 amide bonds. The number of rotatable bonds is 8. The highest BCUT2D eigenvalue weighted by Crippen LogP contribution is 2.24. The van der Waals surface area contributed by atoms with Crippen molar-refractivity contribution in [3.8, 4) is 0 Å². The van der Waals surface area contributed by atoms with Gasteiger partial charge in [0.05, 0.1) is 4.92 Å². The molecule has 1 rings (SSSR count). The summed E-state index contributed by atoms with van der Waals surface area (Å²) in [6, 6.07) is 4.57. The van der Waals surface area contributed by atoms with Crippen molar-refractivity contribution in [3.63, 3.8) is 0 Å². The van der Waals surface area contributed by atoms with Crippen LogP contribution in [0.4, 0.5) is 5.69 Å². The molecule has 0 saturated carbocycles. The Kier molecular flexibility index (Phi) is 7.03. The second-order valence-corrected chi connectivity index (χ2v) is 5.03. The van der Waals surface area contributed by atoms with Crippen molar-refractivity contribution in [3.05, 3.63) is 33.9 Å². The Balaban J connectivity index is 2.72. The van der Waals surface area contributed by atoms with Crippen LogP contribution in [0.15, 0.2) is 23.1 Å². The molecule has 6 nitrogen and oxygen atoms in total. The van der Waals surface area contributed by atoms with Crippen LogP contribution in [0.2, 0.25) is 0 Å². The van der Waals surface area contributed by atoms with Gasteiger partial charge in [0.2, 0.25) is 0 Å². The van der Waals surface area contributed by atoms with Crippen LogP contribution in [-0.4, -0.2) is 36.7 Å². The molecule has 0 heterocycles. The summed E-state index contributed by atoms with van der Waals surface area (Å²) in [4.78, 5) is 23.3. The minimum atomic E-state index is -0.533. The smallest absolute Gasteiger partial charge is 0.282 e. The fraction of sp³-hybridized carbons (Fsp3) is 0.462. The average Bonchev–Trinajstić information content (AvgIpc) is 2.46. The molecule has 0 aliphatic rings. The second-order valence-electron chi connectivity index (χ2n) is 4.15. The highest BCUT2D eigenvalue weighted by atomic mass is 32.2. The molecule has 7 heteroatoms. The van der Waals surface area contributed by atoms with Crippen molar-refractivity contribution in [1.29, 1.82) is 0 Å². The topological polar surface area (TPSA) is 84.3 Å². The predicted octanol–water partition coefficient (Wildman–Crippen LogP) is 2.05. The Morgan fingerprint density at radius 2 is 2.10 bits per heavy atom. The molecule has 0 spiro atoms. The number of benzene rings is 1. The van der Waals surface area contributed by atoms with Crippen LogP contribution in [0.3, 0.4) is 0 Å². The first kappa shape index (κ1) is 16.5. The van der Waals surface area contributed by atoms with Gasteiger partial charge in [-0.2, -0.15) is 0 Å². The quantitative estimate of drug-likeness (QED) is 0.332. The Morgan fingerprint density at radius 3 is 2.70 bits per heavy atom. The Bertz CT molecular complexity index is 480. The van der Waals surface area contributed by atoms with Gasteiger partial charge >= 0.3 is 0 Å². The molecule has 0 saturated heterocycles. The normalized spacial score (nSPS) is 10.3. The van der Waals surface area contributed by atoms with Crippen molar-refractivity contribution >= 4 is 23.4 Å². The Morgan fingerprint density at radius 1 is 1.35 bits per heavy atom. The van der Waals surface area contributed by atoms with Crippen LogP contribution in [-0.2, 0) is 0 Å². The molecule has 0 aliphatic carbocycles. The molecular formula is C13H19N3O3S. The van der Waals surface area contributed by atoms with E-state index >= 15 is 0 Å². The Labute approximate surface area is 122 Å². The van der Waals surface area contributed by atoms with E-state index in [1.165, 1.54) is 17.8 Å². The van der Waals surface area contributed by atoms with E-state index in [9.17, 15) is 14.9 Å². The highest BCUT2D eigenvalue weighted by molar-refractivity contribution is 7.98. The van der Waals surface area contributed by atoms with Crippen LogP contribution < -0.4 is 10.6 Å². The lowest BCUT2D eigenvalue weighted by molar-refractivity contribution is -0.385. The van der Waals surface area contributed by atoms with Gasteiger partial charge in [0.25, 0.3) is 11.6 Å². The van der Waals surface area contributed by atoms with Gasteiger partial charge in [-0.15, -0.1) is 11.8 Å². The lowest BCUT2D eigenvalue weighted by Crippen LogP contribution is -2.32. The minimum absolute atomic E-state index is 0.109. The minimum Gasteiger partial charge on any atom is -0.351 e. The first-order chi connectivity index (χ1) is 9.60. The number of hydrogen-bond donors (Lipinski definition) is 2. The van der Waals surface area contributed by atoms with Crippen LogP contribution in [0.25, 0.3) is 0 Å². The highest BCUT2D eigenvalue weighted by Gasteiger charge is 2.20. The number of thioether (sulfide) groups is 1. The van der Waals surface area contributed by atoms with Crippen LogP contribution in [0, 0.1) is 10.1 Å². The standard InChI is InChI=1S/C13H19N3O3S/c1-3-6-14-7-8-15-13(17)11-9-10(20-2)4-5-12(11)16(18)19/h4-5,9,14H,3,6-8H2,1-2H3,(H,15,17). The van der Waals surface area contributed by atoms with Crippen molar-refractivity contribution in [2.45, 2.75) is 18.2 Å². The number of hydrogen-bond acceptors (Lipinski definition) is 5.